The third-order valence-corrected chi connectivity index (χ3v) is 4.31. The lowest BCUT2D eigenvalue weighted by Crippen LogP contribution is -2.55. The van der Waals surface area contributed by atoms with Gasteiger partial charge in [0.05, 0.1) is 12.7 Å². The van der Waals surface area contributed by atoms with E-state index < -0.39 is 0 Å². The molecule has 0 aromatic heterocycles. The van der Waals surface area contributed by atoms with E-state index in [-0.39, 0.29) is 0 Å². The van der Waals surface area contributed by atoms with Crippen LogP contribution in [0.3, 0.4) is 0 Å². The van der Waals surface area contributed by atoms with Crippen molar-refractivity contribution in [2.45, 2.75) is 64.1 Å². The number of morpholine rings is 1. The lowest BCUT2D eigenvalue weighted by molar-refractivity contribution is -0.0456. The van der Waals surface area contributed by atoms with Crippen LogP contribution in [0.5, 0.6) is 0 Å². The molecule has 3 nitrogen and oxygen atoms in total. The van der Waals surface area contributed by atoms with Crippen molar-refractivity contribution in [3.63, 3.8) is 0 Å². The van der Waals surface area contributed by atoms with Gasteiger partial charge in [0, 0.05) is 25.2 Å². The third-order valence-electron chi connectivity index (χ3n) is 4.31. The summed E-state index contributed by atoms with van der Waals surface area (Å²) in [6, 6.07) is 1.37. The number of nitrogens with one attached hydrogen (secondary N) is 1. The molecule has 100 valence electrons. The van der Waals surface area contributed by atoms with E-state index >= 15 is 0 Å². The smallest absolute Gasteiger partial charge is 0.0852 e. The summed E-state index contributed by atoms with van der Waals surface area (Å²) in [5.41, 5.74) is 0. The normalized spacial score (nSPS) is 33.5. The average Bonchev–Trinajstić information content (AvgIpc) is 2.40. The van der Waals surface area contributed by atoms with Gasteiger partial charge in [-0.15, -0.1) is 0 Å². The Kier molecular flexibility index (Phi) is 5.26. The molecule has 1 N–H and O–H groups in total. The molecule has 2 heterocycles. The van der Waals surface area contributed by atoms with Gasteiger partial charge in [0.15, 0.2) is 0 Å². The first-order chi connectivity index (χ1) is 8.33. The number of hydrogen-bond acceptors (Lipinski definition) is 3. The Morgan fingerprint density at radius 2 is 2.29 bits per heavy atom. The number of ether oxygens (including phenoxy) is 1. The lowest BCUT2D eigenvalue weighted by atomic mass is 9.95. The number of nitrogens with zero attached hydrogens (tertiary/aromatic N) is 1. The number of piperidine rings is 1. The molecule has 0 amide bonds. The fourth-order valence-corrected chi connectivity index (χ4v) is 3.31. The fourth-order valence-electron chi connectivity index (χ4n) is 3.31. The van der Waals surface area contributed by atoms with Crippen molar-refractivity contribution >= 4 is 0 Å². The monoisotopic (exact) mass is 240 g/mol. The van der Waals surface area contributed by atoms with E-state index in [9.17, 15) is 0 Å². The number of likely N-dealkylation sites (tertiary alicyclic amines) is 1. The molecule has 2 rings (SSSR count). The minimum absolute atomic E-state index is 0.390. The molecular weight excluding hydrogens is 212 g/mol. The highest BCUT2D eigenvalue weighted by atomic mass is 16.5. The Morgan fingerprint density at radius 3 is 3.00 bits per heavy atom. The molecule has 2 saturated heterocycles. The summed E-state index contributed by atoms with van der Waals surface area (Å²) < 4.78 is 5.92. The van der Waals surface area contributed by atoms with Crippen molar-refractivity contribution in [1.82, 2.24) is 10.2 Å². The van der Waals surface area contributed by atoms with Gasteiger partial charge in [-0.3, -0.25) is 4.90 Å². The molecule has 3 atom stereocenters. The Hall–Kier alpha value is -0.120. The minimum atomic E-state index is 0.390. The van der Waals surface area contributed by atoms with Gasteiger partial charge in [0.2, 0.25) is 0 Å². The molecule has 0 aliphatic carbocycles. The van der Waals surface area contributed by atoms with Gasteiger partial charge >= 0.3 is 0 Å². The van der Waals surface area contributed by atoms with Crippen LogP contribution in [0.2, 0.25) is 0 Å². The summed E-state index contributed by atoms with van der Waals surface area (Å²) in [6.07, 6.45) is 7.21. The number of rotatable bonds is 4. The fraction of sp³-hybridized carbons (Fsp3) is 1.00. The van der Waals surface area contributed by atoms with Crippen LogP contribution in [0.4, 0.5) is 0 Å². The second kappa shape index (κ2) is 6.72. The van der Waals surface area contributed by atoms with E-state index in [1.165, 1.54) is 38.6 Å². The van der Waals surface area contributed by atoms with Crippen LogP contribution in [0.1, 0.15) is 46.0 Å². The molecule has 0 aromatic carbocycles. The van der Waals surface area contributed by atoms with E-state index in [0.29, 0.717) is 12.1 Å². The van der Waals surface area contributed by atoms with Crippen LogP contribution in [0.15, 0.2) is 0 Å². The summed E-state index contributed by atoms with van der Waals surface area (Å²) >= 11 is 0. The maximum atomic E-state index is 5.92. The highest BCUT2D eigenvalue weighted by Crippen LogP contribution is 2.25. The van der Waals surface area contributed by atoms with E-state index in [1.54, 1.807) is 0 Å². The first-order valence-electron chi connectivity index (χ1n) is 7.41. The SMILES string of the molecule is CCCC1CCCCN1C(C)C1CNCCO1. The zero-order chi connectivity index (χ0) is 12.1. The van der Waals surface area contributed by atoms with E-state index in [1.807, 2.05) is 0 Å². The van der Waals surface area contributed by atoms with Gasteiger partial charge in [0.25, 0.3) is 0 Å². The van der Waals surface area contributed by atoms with Crippen LogP contribution in [-0.4, -0.2) is 49.3 Å². The zero-order valence-corrected chi connectivity index (χ0v) is 11.5. The van der Waals surface area contributed by atoms with Gasteiger partial charge in [-0.1, -0.05) is 19.8 Å². The Morgan fingerprint density at radius 1 is 1.41 bits per heavy atom. The van der Waals surface area contributed by atoms with E-state index in [4.69, 9.17) is 4.74 Å². The van der Waals surface area contributed by atoms with Crippen molar-refractivity contribution < 1.29 is 4.74 Å². The van der Waals surface area contributed by atoms with Crippen LogP contribution < -0.4 is 5.32 Å². The van der Waals surface area contributed by atoms with E-state index in [2.05, 4.69) is 24.1 Å². The van der Waals surface area contributed by atoms with E-state index in [0.717, 1.165) is 25.7 Å². The van der Waals surface area contributed by atoms with Crippen LogP contribution >= 0.6 is 0 Å². The Labute approximate surface area is 106 Å². The van der Waals surface area contributed by atoms with Crippen molar-refractivity contribution in [3.05, 3.63) is 0 Å². The van der Waals surface area contributed by atoms with Gasteiger partial charge in [-0.05, 0) is 32.7 Å². The molecule has 0 saturated carbocycles. The molecule has 0 bridgehead atoms. The molecule has 0 spiro atoms. The van der Waals surface area contributed by atoms with Gasteiger partial charge in [0.1, 0.15) is 0 Å². The Balaban J connectivity index is 1.92. The molecule has 2 aliphatic heterocycles. The predicted octanol–water partition coefficient (Wildman–Crippen LogP) is 2.02. The van der Waals surface area contributed by atoms with Crippen LogP contribution in [0, 0.1) is 0 Å². The first-order valence-corrected chi connectivity index (χ1v) is 7.41. The highest BCUT2D eigenvalue weighted by Gasteiger charge is 2.31. The third kappa shape index (κ3) is 3.43. The van der Waals surface area contributed by atoms with Gasteiger partial charge in [-0.2, -0.15) is 0 Å². The Bertz CT molecular complexity index is 214. The maximum absolute atomic E-state index is 5.92. The molecule has 3 unspecified atom stereocenters. The van der Waals surface area contributed by atoms with Crippen molar-refractivity contribution in [1.29, 1.82) is 0 Å². The molecule has 0 aromatic rings. The van der Waals surface area contributed by atoms with Crippen molar-refractivity contribution in [2.75, 3.05) is 26.2 Å². The minimum Gasteiger partial charge on any atom is -0.374 e. The van der Waals surface area contributed by atoms with Crippen molar-refractivity contribution in [2.24, 2.45) is 0 Å². The molecule has 17 heavy (non-hydrogen) atoms. The topological polar surface area (TPSA) is 24.5 Å². The second-order valence-corrected chi connectivity index (χ2v) is 5.53. The second-order valence-electron chi connectivity index (χ2n) is 5.53. The highest BCUT2D eigenvalue weighted by molar-refractivity contribution is 4.86. The molecule has 0 radical (unpaired) electrons. The summed E-state index contributed by atoms with van der Waals surface area (Å²) in [4.78, 5) is 2.71. The summed E-state index contributed by atoms with van der Waals surface area (Å²) in [5, 5.41) is 3.45. The zero-order valence-electron chi connectivity index (χ0n) is 11.5. The largest absolute Gasteiger partial charge is 0.374 e. The molecule has 3 heteroatoms. The lowest BCUT2D eigenvalue weighted by Gasteiger charge is -2.43. The molecule has 2 fully saturated rings. The summed E-state index contributed by atoms with van der Waals surface area (Å²) in [6.45, 7) is 8.84. The number of hydrogen-bond donors (Lipinski definition) is 1. The predicted molar refractivity (Wildman–Crippen MR) is 71.3 cm³/mol. The summed E-state index contributed by atoms with van der Waals surface area (Å²) in [5.74, 6) is 0. The molecular formula is C14H28N2O. The van der Waals surface area contributed by atoms with Gasteiger partial charge < -0.3 is 10.1 Å². The van der Waals surface area contributed by atoms with Crippen LogP contribution in [-0.2, 0) is 4.74 Å². The first kappa shape index (κ1) is 13.3. The standard InChI is InChI=1S/C14H28N2O/c1-3-6-13-7-4-5-9-16(13)12(2)14-11-15-8-10-17-14/h12-15H,3-11H2,1-2H3. The maximum Gasteiger partial charge on any atom is 0.0852 e. The molecule has 2 aliphatic rings. The summed E-state index contributed by atoms with van der Waals surface area (Å²) in [7, 11) is 0. The quantitative estimate of drug-likeness (QED) is 0.813. The average molecular weight is 240 g/mol. The van der Waals surface area contributed by atoms with Crippen molar-refractivity contribution in [3.8, 4) is 0 Å². The van der Waals surface area contributed by atoms with Crippen LogP contribution in [0.25, 0.3) is 0 Å². The van der Waals surface area contributed by atoms with Gasteiger partial charge in [-0.25, -0.2) is 0 Å².